The molecule has 2 aromatic rings. The first kappa shape index (κ1) is 11.6. The molecule has 1 unspecified atom stereocenters. The summed E-state index contributed by atoms with van der Waals surface area (Å²) >= 11 is 0. The first-order valence-electron chi connectivity index (χ1n) is 5.90. The Morgan fingerprint density at radius 3 is 2.53 bits per heavy atom. The minimum absolute atomic E-state index is 0.174. The van der Waals surface area contributed by atoms with E-state index in [1.165, 1.54) is 0 Å². The average Bonchev–Trinajstić information content (AvgIpc) is 2.75. The molecule has 2 aromatic carbocycles. The standard InChI is InChI=1S/C15H11NO3/c17-13(9-5-2-1-3-6-9)10-7-4-8-11-12(10)16-15(19)14(11)18/h1-8,14,18H,(H,16,19). The Balaban J connectivity index is 2.09. The number of rotatable bonds is 2. The number of carbonyl (C=O) groups is 2. The maximum Gasteiger partial charge on any atom is 0.257 e. The van der Waals surface area contributed by atoms with Gasteiger partial charge in [-0.2, -0.15) is 0 Å². The van der Waals surface area contributed by atoms with Crippen LogP contribution in [0.2, 0.25) is 0 Å². The van der Waals surface area contributed by atoms with E-state index in [0.717, 1.165) is 0 Å². The van der Waals surface area contributed by atoms with E-state index >= 15 is 0 Å². The van der Waals surface area contributed by atoms with Crippen molar-refractivity contribution < 1.29 is 14.7 Å². The number of benzene rings is 2. The van der Waals surface area contributed by atoms with E-state index in [9.17, 15) is 14.7 Å². The van der Waals surface area contributed by atoms with Crippen LogP contribution >= 0.6 is 0 Å². The zero-order chi connectivity index (χ0) is 13.4. The zero-order valence-electron chi connectivity index (χ0n) is 9.96. The molecule has 1 aliphatic heterocycles. The van der Waals surface area contributed by atoms with Crippen molar-refractivity contribution in [3.63, 3.8) is 0 Å². The topological polar surface area (TPSA) is 66.4 Å². The molecule has 0 aliphatic carbocycles. The molecule has 1 aliphatic rings. The third-order valence-corrected chi connectivity index (χ3v) is 3.17. The van der Waals surface area contributed by atoms with Gasteiger partial charge in [0.2, 0.25) is 0 Å². The highest BCUT2D eigenvalue weighted by Crippen LogP contribution is 2.34. The Morgan fingerprint density at radius 2 is 1.79 bits per heavy atom. The minimum atomic E-state index is -1.20. The molecule has 4 nitrogen and oxygen atoms in total. The number of nitrogens with one attached hydrogen (secondary N) is 1. The van der Waals surface area contributed by atoms with Crippen LogP contribution in [0.5, 0.6) is 0 Å². The first-order chi connectivity index (χ1) is 9.18. The maximum absolute atomic E-state index is 12.4. The third kappa shape index (κ3) is 1.82. The predicted molar refractivity (Wildman–Crippen MR) is 69.9 cm³/mol. The highest BCUT2D eigenvalue weighted by molar-refractivity contribution is 6.16. The van der Waals surface area contributed by atoms with Gasteiger partial charge in [0.1, 0.15) is 0 Å². The van der Waals surface area contributed by atoms with Crippen LogP contribution in [0.15, 0.2) is 48.5 Å². The Bertz CT molecular complexity index is 664. The summed E-state index contributed by atoms with van der Waals surface area (Å²) in [6.45, 7) is 0. The molecule has 19 heavy (non-hydrogen) atoms. The molecule has 0 radical (unpaired) electrons. The van der Waals surface area contributed by atoms with Gasteiger partial charge in [0.25, 0.3) is 5.91 Å². The van der Waals surface area contributed by atoms with E-state index in [2.05, 4.69) is 5.32 Å². The molecular formula is C15H11NO3. The lowest BCUT2D eigenvalue weighted by atomic mass is 9.99. The monoisotopic (exact) mass is 253 g/mol. The van der Waals surface area contributed by atoms with Gasteiger partial charge in [-0.05, 0) is 6.07 Å². The van der Waals surface area contributed by atoms with Crippen molar-refractivity contribution in [1.29, 1.82) is 0 Å². The molecule has 1 atom stereocenters. The van der Waals surface area contributed by atoms with Crippen molar-refractivity contribution in [2.24, 2.45) is 0 Å². The number of aliphatic hydroxyl groups excluding tert-OH is 1. The number of amides is 1. The van der Waals surface area contributed by atoms with Gasteiger partial charge in [-0.25, -0.2) is 0 Å². The summed E-state index contributed by atoms with van der Waals surface area (Å²) in [5.74, 6) is -0.671. The van der Waals surface area contributed by atoms with E-state index in [4.69, 9.17) is 0 Å². The summed E-state index contributed by atoms with van der Waals surface area (Å²) in [4.78, 5) is 23.9. The van der Waals surface area contributed by atoms with E-state index in [-0.39, 0.29) is 5.78 Å². The highest BCUT2D eigenvalue weighted by atomic mass is 16.3. The van der Waals surface area contributed by atoms with E-state index < -0.39 is 12.0 Å². The fourth-order valence-corrected chi connectivity index (χ4v) is 2.20. The largest absolute Gasteiger partial charge is 0.378 e. The van der Waals surface area contributed by atoms with Crippen molar-refractivity contribution in [1.82, 2.24) is 0 Å². The van der Waals surface area contributed by atoms with Crippen LogP contribution in [-0.4, -0.2) is 16.8 Å². The molecule has 0 saturated heterocycles. The van der Waals surface area contributed by atoms with Crippen molar-refractivity contribution in [2.45, 2.75) is 6.10 Å². The zero-order valence-corrected chi connectivity index (χ0v) is 9.96. The number of hydrogen-bond donors (Lipinski definition) is 2. The molecule has 3 rings (SSSR count). The van der Waals surface area contributed by atoms with Gasteiger partial charge in [-0.1, -0.05) is 42.5 Å². The Hall–Kier alpha value is -2.46. The Labute approximate surface area is 109 Å². The second kappa shape index (κ2) is 4.33. The van der Waals surface area contributed by atoms with Crippen LogP contribution in [-0.2, 0) is 4.79 Å². The molecule has 0 spiro atoms. The van der Waals surface area contributed by atoms with E-state index in [0.29, 0.717) is 22.4 Å². The van der Waals surface area contributed by atoms with Crippen LogP contribution in [0.3, 0.4) is 0 Å². The fourth-order valence-electron chi connectivity index (χ4n) is 2.20. The van der Waals surface area contributed by atoms with E-state index in [1.54, 1.807) is 42.5 Å². The smallest absolute Gasteiger partial charge is 0.257 e. The van der Waals surface area contributed by atoms with E-state index in [1.807, 2.05) is 6.07 Å². The molecule has 4 heteroatoms. The predicted octanol–water partition coefficient (Wildman–Crippen LogP) is 1.90. The SMILES string of the molecule is O=C(c1ccccc1)c1cccc2c1NC(=O)C2O. The average molecular weight is 253 g/mol. The summed E-state index contributed by atoms with van der Waals surface area (Å²) in [5.41, 5.74) is 1.81. The molecule has 1 amide bonds. The quantitative estimate of drug-likeness (QED) is 0.803. The van der Waals surface area contributed by atoms with Gasteiger partial charge in [-0.3, -0.25) is 9.59 Å². The number of hydrogen-bond acceptors (Lipinski definition) is 3. The molecular weight excluding hydrogens is 242 g/mol. The summed E-state index contributed by atoms with van der Waals surface area (Å²) in [7, 11) is 0. The second-order valence-corrected chi connectivity index (χ2v) is 4.36. The lowest BCUT2D eigenvalue weighted by molar-refractivity contribution is -0.123. The van der Waals surface area contributed by atoms with Crippen molar-refractivity contribution in [2.75, 3.05) is 5.32 Å². The number of anilines is 1. The fraction of sp³-hybridized carbons (Fsp3) is 0.0667. The van der Waals surface area contributed by atoms with Crippen LogP contribution < -0.4 is 5.32 Å². The summed E-state index contributed by atoms with van der Waals surface area (Å²) in [5, 5.41) is 12.3. The molecule has 0 saturated carbocycles. The number of aliphatic hydroxyl groups is 1. The number of fused-ring (bicyclic) bond motifs is 1. The van der Waals surface area contributed by atoms with Crippen LogP contribution in [0.1, 0.15) is 27.6 Å². The molecule has 1 heterocycles. The third-order valence-electron chi connectivity index (χ3n) is 3.17. The molecule has 94 valence electrons. The minimum Gasteiger partial charge on any atom is -0.378 e. The molecule has 0 bridgehead atoms. The normalized spacial score (nSPS) is 16.9. The first-order valence-corrected chi connectivity index (χ1v) is 5.90. The molecule has 0 fully saturated rings. The Kier molecular flexibility index (Phi) is 2.65. The van der Waals surface area contributed by atoms with Gasteiger partial charge in [0, 0.05) is 16.7 Å². The highest BCUT2D eigenvalue weighted by Gasteiger charge is 2.31. The molecule has 0 aromatic heterocycles. The van der Waals surface area contributed by atoms with Gasteiger partial charge in [-0.15, -0.1) is 0 Å². The number of para-hydroxylation sites is 1. The number of carbonyl (C=O) groups excluding carboxylic acids is 2. The lowest BCUT2D eigenvalue weighted by Crippen LogP contribution is -2.11. The van der Waals surface area contributed by atoms with Gasteiger partial charge in [0.05, 0.1) is 5.69 Å². The van der Waals surface area contributed by atoms with Crippen molar-refractivity contribution in [3.8, 4) is 0 Å². The maximum atomic E-state index is 12.4. The van der Waals surface area contributed by atoms with Crippen molar-refractivity contribution >= 4 is 17.4 Å². The van der Waals surface area contributed by atoms with Gasteiger partial charge < -0.3 is 10.4 Å². The summed E-state index contributed by atoms with van der Waals surface area (Å²) < 4.78 is 0. The lowest BCUT2D eigenvalue weighted by Gasteiger charge is -2.07. The second-order valence-electron chi connectivity index (χ2n) is 4.36. The van der Waals surface area contributed by atoms with Crippen LogP contribution in [0, 0.1) is 0 Å². The Morgan fingerprint density at radius 1 is 1.05 bits per heavy atom. The van der Waals surface area contributed by atoms with Crippen LogP contribution in [0.4, 0.5) is 5.69 Å². The van der Waals surface area contributed by atoms with Gasteiger partial charge in [0.15, 0.2) is 11.9 Å². The molecule has 2 N–H and O–H groups in total. The van der Waals surface area contributed by atoms with Crippen LogP contribution in [0.25, 0.3) is 0 Å². The van der Waals surface area contributed by atoms with Gasteiger partial charge >= 0.3 is 0 Å². The summed E-state index contributed by atoms with van der Waals surface area (Å²) in [6, 6.07) is 13.8. The number of ketones is 1. The summed E-state index contributed by atoms with van der Waals surface area (Å²) in [6.07, 6.45) is -1.20. The van der Waals surface area contributed by atoms with Crippen molar-refractivity contribution in [3.05, 3.63) is 65.2 Å².